The van der Waals surface area contributed by atoms with E-state index in [2.05, 4.69) is 4.90 Å². The number of carbonyl (C=O) groups is 1. The second-order valence-corrected chi connectivity index (χ2v) is 5.77. The molecular weight excluding hydrogens is 297 g/mol. The number of rotatable bonds is 5. The van der Waals surface area contributed by atoms with Gasteiger partial charge in [0.2, 0.25) is 0 Å². The number of aliphatic carboxylic acids is 1. The summed E-state index contributed by atoms with van der Waals surface area (Å²) in [6.45, 7) is 2.04. The summed E-state index contributed by atoms with van der Waals surface area (Å²) in [4.78, 5) is 13.1. The Kier molecular flexibility index (Phi) is 4.57. The largest absolute Gasteiger partial charge is 0.481 e. The van der Waals surface area contributed by atoms with Gasteiger partial charge < -0.3 is 9.84 Å². The molecular formula is C18H18FNO3. The number of ether oxygens (including phenoxy) is 1. The van der Waals surface area contributed by atoms with Crippen LogP contribution in [0.5, 0.6) is 11.5 Å². The van der Waals surface area contributed by atoms with Crippen LogP contribution in [0.3, 0.4) is 0 Å². The van der Waals surface area contributed by atoms with Crippen molar-refractivity contribution in [1.82, 2.24) is 4.90 Å². The van der Waals surface area contributed by atoms with Crippen LogP contribution in [0.4, 0.5) is 4.39 Å². The number of carboxylic acid groups (broad SMARTS) is 1. The molecule has 0 aromatic heterocycles. The van der Waals surface area contributed by atoms with Crippen LogP contribution < -0.4 is 4.74 Å². The zero-order chi connectivity index (χ0) is 16.2. The molecule has 2 aromatic carbocycles. The quantitative estimate of drug-likeness (QED) is 0.917. The van der Waals surface area contributed by atoms with Crippen LogP contribution in [-0.2, 0) is 11.3 Å². The molecule has 1 fully saturated rings. The fourth-order valence-corrected chi connectivity index (χ4v) is 2.81. The summed E-state index contributed by atoms with van der Waals surface area (Å²) in [5, 5.41) is 9.05. The Morgan fingerprint density at radius 1 is 1.22 bits per heavy atom. The summed E-state index contributed by atoms with van der Waals surface area (Å²) >= 11 is 0. The van der Waals surface area contributed by atoms with E-state index in [0.717, 1.165) is 12.1 Å². The van der Waals surface area contributed by atoms with Crippen molar-refractivity contribution in [3.8, 4) is 11.5 Å². The molecule has 1 heterocycles. The lowest BCUT2D eigenvalue weighted by Gasteiger charge is -2.16. The minimum atomic E-state index is -0.726. The molecule has 120 valence electrons. The second kappa shape index (κ2) is 6.79. The Bertz CT molecular complexity index is 704. The third-order valence-corrected chi connectivity index (χ3v) is 3.96. The van der Waals surface area contributed by atoms with Gasteiger partial charge in [-0.15, -0.1) is 0 Å². The van der Waals surface area contributed by atoms with Crippen LogP contribution in [0, 0.1) is 11.7 Å². The highest BCUT2D eigenvalue weighted by Gasteiger charge is 2.27. The highest BCUT2D eigenvalue weighted by atomic mass is 19.1. The number of carboxylic acids is 1. The molecule has 4 nitrogen and oxygen atoms in total. The maximum Gasteiger partial charge on any atom is 0.307 e. The Morgan fingerprint density at radius 2 is 1.96 bits per heavy atom. The first-order valence-corrected chi connectivity index (χ1v) is 7.58. The first-order chi connectivity index (χ1) is 11.1. The lowest BCUT2D eigenvalue weighted by molar-refractivity contribution is -0.141. The monoisotopic (exact) mass is 315 g/mol. The minimum absolute atomic E-state index is 0.276. The fraction of sp³-hybridized carbons (Fsp3) is 0.278. The normalized spacial score (nSPS) is 18.0. The fourth-order valence-electron chi connectivity index (χ4n) is 2.81. The molecule has 0 amide bonds. The molecule has 0 spiro atoms. The average molecular weight is 315 g/mol. The average Bonchev–Trinajstić information content (AvgIpc) is 2.96. The summed E-state index contributed by atoms with van der Waals surface area (Å²) in [7, 11) is 0. The predicted octanol–water partition coefficient (Wildman–Crippen LogP) is 3.52. The third kappa shape index (κ3) is 4.07. The smallest absolute Gasteiger partial charge is 0.307 e. The van der Waals surface area contributed by atoms with Crippen molar-refractivity contribution in [2.75, 3.05) is 13.1 Å². The van der Waals surface area contributed by atoms with E-state index in [-0.39, 0.29) is 11.7 Å². The van der Waals surface area contributed by atoms with Crippen molar-refractivity contribution in [1.29, 1.82) is 0 Å². The molecule has 1 unspecified atom stereocenters. The maximum absolute atomic E-state index is 13.2. The van der Waals surface area contributed by atoms with Gasteiger partial charge in [-0.25, -0.2) is 4.39 Å². The van der Waals surface area contributed by atoms with Gasteiger partial charge in [0.1, 0.15) is 17.3 Å². The van der Waals surface area contributed by atoms with Gasteiger partial charge in [-0.05, 0) is 42.8 Å². The van der Waals surface area contributed by atoms with Gasteiger partial charge in [-0.1, -0.05) is 18.2 Å². The number of likely N-dealkylation sites (tertiary alicyclic amines) is 1. The van der Waals surface area contributed by atoms with Crippen LogP contribution in [0.25, 0.3) is 0 Å². The van der Waals surface area contributed by atoms with E-state index in [4.69, 9.17) is 9.84 Å². The highest BCUT2D eigenvalue weighted by Crippen LogP contribution is 2.24. The van der Waals surface area contributed by atoms with Gasteiger partial charge in [0.05, 0.1) is 5.92 Å². The van der Waals surface area contributed by atoms with Crippen molar-refractivity contribution in [2.24, 2.45) is 5.92 Å². The van der Waals surface area contributed by atoms with Crippen LogP contribution in [0.1, 0.15) is 12.0 Å². The van der Waals surface area contributed by atoms with E-state index >= 15 is 0 Å². The topological polar surface area (TPSA) is 49.8 Å². The van der Waals surface area contributed by atoms with Gasteiger partial charge >= 0.3 is 5.97 Å². The van der Waals surface area contributed by atoms with Gasteiger partial charge in [0.25, 0.3) is 0 Å². The van der Waals surface area contributed by atoms with Crippen LogP contribution in [0.2, 0.25) is 0 Å². The molecule has 5 heteroatoms. The minimum Gasteiger partial charge on any atom is -0.481 e. The SMILES string of the molecule is O=C(O)C1CCN(Cc2cccc(Oc3cccc(F)c3)c2)C1. The zero-order valence-electron chi connectivity index (χ0n) is 12.6. The molecule has 0 radical (unpaired) electrons. The molecule has 1 saturated heterocycles. The summed E-state index contributed by atoms with van der Waals surface area (Å²) < 4.78 is 18.9. The lowest BCUT2D eigenvalue weighted by Crippen LogP contribution is -2.22. The van der Waals surface area contributed by atoms with Gasteiger partial charge in [0.15, 0.2) is 0 Å². The first kappa shape index (κ1) is 15.5. The van der Waals surface area contributed by atoms with Crippen LogP contribution in [0.15, 0.2) is 48.5 Å². The van der Waals surface area contributed by atoms with Crippen molar-refractivity contribution in [3.05, 3.63) is 59.9 Å². The summed E-state index contributed by atoms with van der Waals surface area (Å²) in [5.74, 6) is -0.246. The Hall–Kier alpha value is -2.40. The number of hydrogen-bond acceptors (Lipinski definition) is 3. The molecule has 0 aliphatic carbocycles. The first-order valence-electron chi connectivity index (χ1n) is 7.58. The Morgan fingerprint density at radius 3 is 2.65 bits per heavy atom. The number of halogens is 1. The standard InChI is InChI=1S/C18H18FNO3/c19-15-4-2-6-17(10-15)23-16-5-1-3-13(9-16)11-20-8-7-14(12-20)18(21)22/h1-6,9-10,14H,7-8,11-12H2,(H,21,22). The van der Waals surface area contributed by atoms with Crippen molar-refractivity contribution in [2.45, 2.75) is 13.0 Å². The number of nitrogens with zero attached hydrogens (tertiary/aromatic N) is 1. The summed E-state index contributed by atoms with van der Waals surface area (Å²) in [6, 6.07) is 13.6. The highest BCUT2D eigenvalue weighted by molar-refractivity contribution is 5.70. The summed E-state index contributed by atoms with van der Waals surface area (Å²) in [6.07, 6.45) is 0.689. The van der Waals surface area contributed by atoms with Gasteiger partial charge in [-0.3, -0.25) is 9.69 Å². The molecule has 1 N–H and O–H groups in total. The van der Waals surface area contributed by atoms with E-state index in [9.17, 15) is 9.18 Å². The van der Waals surface area contributed by atoms with Gasteiger partial charge in [0, 0.05) is 19.2 Å². The second-order valence-electron chi connectivity index (χ2n) is 5.77. The van der Waals surface area contributed by atoms with Crippen molar-refractivity contribution < 1.29 is 19.0 Å². The maximum atomic E-state index is 13.2. The Balaban J connectivity index is 1.65. The van der Waals surface area contributed by atoms with E-state index in [0.29, 0.717) is 31.0 Å². The third-order valence-electron chi connectivity index (χ3n) is 3.96. The zero-order valence-corrected chi connectivity index (χ0v) is 12.6. The van der Waals surface area contributed by atoms with E-state index in [1.54, 1.807) is 12.1 Å². The molecule has 23 heavy (non-hydrogen) atoms. The Labute approximate surface area is 134 Å². The summed E-state index contributed by atoms with van der Waals surface area (Å²) in [5.41, 5.74) is 1.05. The molecule has 1 atom stereocenters. The van der Waals surface area contributed by atoms with E-state index < -0.39 is 5.97 Å². The van der Waals surface area contributed by atoms with E-state index in [1.165, 1.54) is 12.1 Å². The molecule has 0 saturated carbocycles. The van der Waals surface area contributed by atoms with Crippen LogP contribution >= 0.6 is 0 Å². The molecule has 2 aromatic rings. The van der Waals surface area contributed by atoms with E-state index in [1.807, 2.05) is 24.3 Å². The number of benzene rings is 2. The molecule has 3 rings (SSSR count). The molecule has 1 aliphatic heterocycles. The lowest BCUT2D eigenvalue weighted by atomic mass is 10.1. The molecule has 0 bridgehead atoms. The molecule has 1 aliphatic rings. The van der Waals surface area contributed by atoms with Gasteiger partial charge in [-0.2, -0.15) is 0 Å². The van der Waals surface area contributed by atoms with Crippen molar-refractivity contribution in [3.63, 3.8) is 0 Å². The van der Waals surface area contributed by atoms with Crippen LogP contribution in [-0.4, -0.2) is 29.1 Å². The predicted molar refractivity (Wildman–Crippen MR) is 83.9 cm³/mol. The number of hydrogen-bond donors (Lipinski definition) is 1. The van der Waals surface area contributed by atoms with Crippen molar-refractivity contribution >= 4 is 5.97 Å².